The summed E-state index contributed by atoms with van der Waals surface area (Å²) in [6.45, 7) is 6.10. The maximum absolute atomic E-state index is 6.18. The number of benzene rings is 1. The molecular weight excluding hydrogens is 284 g/mol. The molecule has 2 heterocycles. The Morgan fingerprint density at radius 1 is 1.43 bits per heavy atom. The zero-order valence-corrected chi connectivity index (χ0v) is 13.7. The number of nitrogens with zero attached hydrogens (tertiary/aromatic N) is 1. The number of hydrogen-bond acceptors (Lipinski definition) is 2. The quantitative estimate of drug-likeness (QED) is 0.925. The van der Waals surface area contributed by atoms with Crippen molar-refractivity contribution in [3.63, 3.8) is 0 Å². The normalized spacial score (nSPS) is 21.2. The third-order valence-corrected chi connectivity index (χ3v) is 4.48. The smallest absolute Gasteiger partial charge is 0.0762 e. The molecule has 1 unspecified atom stereocenters. The molecule has 1 saturated heterocycles. The van der Waals surface area contributed by atoms with Gasteiger partial charge in [0.25, 0.3) is 0 Å². The van der Waals surface area contributed by atoms with Gasteiger partial charge in [0.05, 0.1) is 11.7 Å². The van der Waals surface area contributed by atoms with E-state index in [4.69, 9.17) is 16.3 Å². The molecule has 2 aromatic rings. The Kier molecular flexibility index (Phi) is 4.00. The Morgan fingerprint density at radius 3 is 2.90 bits per heavy atom. The first-order chi connectivity index (χ1) is 9.98. The summed E-state index contributed by atoms with van der Waals surface area (Å²) >= 11 is 6.18. The molecule has 1 atom stereocenters. The highest BCUT2D eigenvalue weighted by molar-refractivity contribution is 6.31. The van der Waals surface area contributed by atoms with Gasteiger partial charge in [-0.25, -0.2) is 0 Å². The molecule has 1 aromatic heterocycles. The molecule has 1 N–H and O–H groups in total. The van der Waals surface area contributed by atoms with Crippen LogP contribution in [0.2, 0.25) is 5.02 Å². The zero-order valence-electron chi connectivity index (χ0n) is 12.9. The first-order valence-electron chi connectivity index (χ1n) is 7.58. The Hall–Kier alpha value is -1.03. The minimum Gasteiger partial charge on any atom is -0.370 e. The van der Waals surface area contributed by atoms with E-state index in [1.807, 2.05) is 13.1 Å². The fraction of sp³-hybridized carbons (Fsp3) is 0.529. The predicted molar refractivity (Wildman–Crippen MR) is 87.9 cm³/mol. The third kappa shape index (κ3) is 3.10. The van der Waals surface area contributed by atoms with Crippen molar-refractivity contribution < 1.29 is 4.74 Å². The van der Waals surface area contributed by atoms with Gasteiger partial charge in [-0.3, -0.25) is 0 Å². The number of nitrogens with one attached hydrogen (secondary N) is 1. The Bertz CT molecular complexity index is 648. The van der Waals surface area contributed by atoms with Gasteiger partial charge in [-0.2, -0.15) is 0 Å². The molecule has 0 radical (unpaired) electrons. The number of hydrogen-bond donors (Lipinski definition) is 1. The highest BCUT2D eigenvalue weighted by Gasteiger charge is 2.31. The number of rotatable bonds is 4. The summed E-state index contributed by atoms with van der Waals surface area (Å²) in [5.41, 5.74) is 2.52. The summed E-state index contributed by atoms with van der Waals surface area (Å²) in [4.78, 5) is 0. The number of ether oxygens (including phenoxy) is 1. The van der Waals surface area contributed by atoms with E-state index in [0.29, 0.717) is 0 Å². The maximum atomic E-state index is 6.18. The van der Waals surface area contributed by atoms with Crippen molar-refractivity contribution in [3.8, 4) is 0 Å². The minimum absolute atomic E-state index is 0.0130. The first kappa shape index (κ1) is 14.9. The monoisotopic (exact) mass is 306 g/mol. The average molecular weight is 307 g/mol. The summed E-state index contributed by atoms with van der Waals surface area (Å²) in [6.07, 6.45) is 4.76. The second-order valence-corrected chi connectivity index (χ2v) is 6.97. The van der Waals surface area contributed by atoms with Crippen molar-refractivity contribution >= 4 is 22.5 Å². The molecule has 1 aliphatic heterocycles. The van der Waals surface area contributed by atoms with Crippen molar-refractivity contribution in [2.45, 2.75) is 51.5 Å². The summed E-state index contributed by atoms with van der Waals surface area (Å²) in [5, 5.41) is 5.29. The summed E-state index contributed by atoms with van der Waals surface area (Å²) < 4.78 is 8.42. The SMILES string of the molecule is CNCc1cn(CC2CCC(C)(C)O2)c2cc(Cl)ccc12. The predicted octanol–water partition coefficient (Wildman–Crippen LogP) is 3.97. The van der Waals surface area contributed by atoms with Crippen LogP contribution in [-0.4, -0.2) is 23.3 Å². The lowest BCUT2D eigenvalue weighted by Crippen LogP contribution is -2.22. The molecule has 1 aliphatic rings. The standard InChI is InChI=1S/C17H23ClN2O/c1-17(2)7-6-14(21-17)11-20-10-12(9-19-3)15-5-4-13(18)8-16(15)20/h4-5,8,10,14,19H,6-7,9,11H2,1-3H3. The van der Waals surface area contributed by atoms with E-state index in [1.165, 1.54) is 16.5 Å². The van der Waals surface area contributed by atoms with E-state index in [9.17, 15) is 0 Å². The van der Waals surface area contributed by atoms with Crippen LogP contribution in [0.1, 0.15) is 32.3 Å². The van der Waals surface area contributed by atoms with Crippen LogP contribution in [0.4, 0.5) is 0 Å². The van der Waals surface area contributed by atoms with Gasteiger partial charge < -0.3 is 14.6 Å². The van der Waals surface area contributed by atoms with E-state index in [-0.39, 0.29) is 11.7 Å². The Labute approximate surface area is 131 Å². The van der Waals surface area contributed by atoms with E-state index < -0.39 is 0 Å². The molecule has 21 heavy (non-hydrogen) atoms. The summed E-state index contributed by atoms with van der Waals surface area (Å²) in [6, 6.07) is 6.12. The highest BCUT2D eigenvalue weighted by atomic mass is 35.5. The summed E-state index contributed by atoms with van der Waals surface area (Å²) in [5.74, 6) is 0. The van der Waals surface area contributed by atoms with Crippen molar-refractivity contribution in [1.29, 1.82) is 0 Å². The molecule has 1 fully saturated rings. The van der Waals surface area contributed by atoms with Gasteiger partial charge in [0.15, 0.2) is 0 Å². The van der Waals surface area contributed by atoms with Gasteiger partial charge in [0.1, 0.15) is 0 Å². The van der Waals surface area contributed by atoms with Crippen molar-refractivity contribution in [1.82, 2.24) is 9.88 Å². The molecule has 0 aliphatic carbocycles. The first-order valence-corrected chi connectivity index (χ1v) is 7.96. The molecule has 4 heteroatoms. The third-order valence-electron chi connectivity index (χ3n) is 4.25. The van der Waals surface area contributed by atoms with Crippen LogP contribution in [0.3, 0.4) is 0 Å². The fourth-order valence-corrected chi connectivity index (χ4v) is 3.42. The second-order valence-electron chi connectivity index (χ2n) is 6.54. The minimum atomic E-state index is 0.0130. The fourth-order valence-electron chi connectivity index (χ4n) is 3.25. The largest absolute Gasteiger partial charge is 0.370 e. The Morgan fingerprint density at radius 2 is 2.24 bits per heavy atom. The molecule has 0 saturated carbocycles. The molecule has 3 rings (SSSR count). The Balaban J connectivity index is 1.92. The van der Waals surface area contributed by atoms with E-state index in [0.717, 1.165) is 31.0 Å². The van der Waals surface area contributed by atoms with Crippen LogP contribution >= 0.6 is 11.6 Å². The van der Waals surface area contributed by atoms with Crippen LogP contribution in [0.5, 0.6) is 0 Å². The second kappa shape index (κ2) is 5.64. The lowest BCUT2D eigenvalue weighted by molar-refractivity contribution is -0.0212. The number of fused-ring (bicyclic) bond motifs is 1. The van der Waals surface area contributed by atoms with E-state index in [2.05, 4.69) is 42.1 Å². The van der Waals surface area contributed by atoms with Crippen LogP contribution in [0.15, 0.2) is 24.4 Å². The summed E-state index contributed by atoms with van der Waals surface area (Å²) in [7, 11) is 1.97. The average Bonchev–Trinajstić information content (AvgIpc) is 2.92. The van der Waals surface area contributed by atoms with Crippen LogP contribution < -0.4 is 5.32 Å². The van der Waals surface area contributed by atoms with Crippen molar-refractivity contribution in [3.05, 3.63) is 35.0 Å². The van der Waals surface area contributed by atoms with Gasteiger partial charge in [0, 0.05) is 35.2 Å². The van der Waals surface area contributed by atoms with E-state index >= 15 is 0 Å². The van der Waals surface area contributed by atoms with E-state index in [1.54, 1.807) is 0 Å². The molecular formula is C17H23ClN2O. The van der Waals surface area contributed by atoms with Crippen molar-refractivity contribution in [2.24, 2.45) is 0 Å². The molecule has 0 amide bonds. The lowest BCUT2D eigenvalue weighted by atomic mass is 10.1. The molecule has 0 bridgehead atoms. The van der Waals surface area contributed by atoms with Gasteiger partial charge in [-0.05, 0) is 51.4 Å². The topological polar surface area (TPSA) is 26.2 Å². The zero-order chi connectivity index (χ0) is 15.0. The lowest BCUT2D eigenvalue weighted by Gasteiger charge is -2.20. The molecule has 3 nitrogen and oxygen atoms in total. The number of halogens is 1. The van der Waals surface area contributed by atoms with Crippen LogP contribution in [0.25, 0.3) is 10.9 Å². The van der Waals surface area contributed by atoms with Gasteiger partial charge in [-0.1, -0.05) is 17.7 Å². The van der Waals surface area contributed by atoms with Crippen LogP contribution in [0, 0.1) is 0 Å². The number of aromatic nitrogens is 1. The maximum Gasteiger partial charge on any atom is 0.0762 e. The van der Waals surface area contributed by atoms with Gasteiger partial charge in [0.2, 0.25) is 0 Å². The highest BCUT2D eigenvalue weighted by Crippen LogP contribution is 2.32. The van der Waals surface area contributed by atoms with Crippen molar-refractivity contribution in [2.75, 3.05) is 7.05 Å². The molecule has 1 aromatic carbocycles. The van der Waals surface area contributed by atoms with Gasteiger partial charge >= 0.3 is 0 Å². The molecule has 114 valence electrons. The van der Waals surface area contributed by atoms with Gasteiger partial charge in [-0.15, -0.1) is 0 Å². The molecule has 0 spiro atoms. The van der Waals surface area contributed by atoms with Crippen LogP contribution in [-0.2, 0) is 17.8 Å².